The summed E-state index contributed by atoms with van der Waals surface area (Å²) in [5.41, 5.74) is 0.562. The average molecular weight is 468 g/mol. The van der Waals surface area contributed by atoms with Gasteiger partial charge in [0, 0.05) is 17.1 Å². The molecule has 1 saturated heterocycles. The number of carbonyl (C=O) groups is 1. The molecule has 1 fully saturated rings. The molecule has 0 aliphatic carbocycles. The lowest BCUT2D eigenvalue weighted by Crippen LogP contribution is -2.38. The van der Waals surface area contributed by atoms with Crippen LogP contribution in [0.4, 0.5) is 13.2 Å². The summed E-state index contributed by atoms with van der Waals surface area (Å²) in [5.74, 6) is 0.232. The number of aromatic nitrogens is 1. The van der Waals surface area contributed by atoms with E-state index in [2.05, 4.69) is 0 Å². The molecular weight excluding hydrogens is 447 g/mol. The number of hydrogen-bond acceptors (Lipinski definition) is 4. The Bertz CT molecular complexity index is 1150. The molecule has 0 amide bonds. The van der Waals surface area contributed by atoms with Crippen LogP contribution in [0.15, 0.2) is 42.5 Å². The van der Waals surface area contributed by atoms with Gasteiger partial charge in [0.25, 0.3) is 0 Å². The fourth-order valence-corrected chi connectivity index (χ4v) is 5.16. The molecule has 1 aliphatic heterocycles. The topological polar surface area (TPSA) is 49.1 Å². The van der Waals surface area contributed by atoms with Gasteiger partial charge in [-0.05, 0) is 62.2 Å². The molecule has 9 heteroatoms. The van der Waals surface area contributed by atoms with Crippen LogP contribution < -0.4 is 4.80 Å². The van der Waals surface area contributed by atoms with E-state index in [-0.39, 0.29) is 12.3 Å². The number of carbonyl (C=O) groups excluding carboxylic acids is 1. The van der Waals surface area contributed by atoms with Gasteiger partial charge < -0.3 is 4.57 Å². The van der Waals surface area contributed by atoms with Crippen LogP contribution in [-0.4, -0.2) is 34.9 Å². The number of rotatable bonds is 5. The number of hydrogen-bond donors (Lipinski definition) is 1. The van der Waals surface area contributed by atoms with Crippen molar-refractivity contribution in [3.05, 3.63) is 63.4 Å². The molecule has 4 rings (SSSR count). The smallest absolute Gasteiger partial charge is 0.317 e. The van der Waals surface area contributed by atoms with Crippen LogP contribution in [0.1, 0.15) is 28.8 Å². The summed E-state index contributed by atoms with van der Waals surface area (Å²) >= 11 is 7.46. The Balaban J connectivity index is 1.33. The SMILES string of the molecule is N=c1sc2cc(Cl)ccc2n1CC1CCN(CC(=O)c2ccc(C(F)(F)F)cc2)CC1. The normalized spacial score (nSPS) is 16.1. The Hall–Kier alpha value is -2.16. The molecule has 1 aromatic heterocycles. The molecule has 3 aromatic rings. The Kier molecular flexibility index (Phi) is 6.23. The molecule has 1 aliphatic rings. The lowest BCUT2D eigenvalue weighted by atomic mass is 9.96. The highest BCUT2D eigenvalue weighted by molar-refractivity contribution is 7.16. The van der Waals surface area contributed by atoms with Gasteiger partial charge in [0.05, 0.1) is 22.3 Å². The van der Waals surface area contributed by atoms with Gasteiger partial charge in [0.2, 0.25) is 0 Å². The van der Waals surface area contributed by atoms with Crippen LogP contribution in [0, 0.1) is 11.3 Å². The van der Waals surface area contributed by atoms with Crippen LogP contribution in [0.25, 0.3) is 10.2 Å². The van der Waals surface area contributed by atoms with Gasteiger partial charge in [0.15, 0.2) is 10.6 Å². The third kappa shape index (κ3) is 5.02. The molecular formula is C22H21ClF3N3OS. The van der Waals surface area contributed by atoms with E-state index in [1.54, 1.807) is 0 Å². The number of likely N-dealkylation sites (tertiary alicyclic amines) is 1. The van der Waals surface area contributed by atoms with Crippen LogP contribution in [-0.2, 0) is 12.7 Å². The van der Waals surface area contributed by atoms with Gasteiger partial charge in [-0.1, -0.05) is 35.1 Å². The van der Waals surface area contributed by atoms with E-state index >= 15 is 0 Å². The number of alkyl halides is 3. The van der Waals surface area contributed by atoms with Crippen molar-refractivity contribution < 1.29 is 18.0 Å². The van der Waals surface area contributed by atoms with Crippen molar-refractivity contribution in [1.29, 1.82) is 5.41 Å². The number of piperidine rings is 1. The van der Waals surface area contributed by atoms with E-state index in [0.717, 1.165) is 54.8 Å². The van der Waals surface area contributed by atoms with Crippen molar-refractivity contribution in [2.24, 2.45) is 5.92 Å². The van der Waals surface area contributed by atoms with Gasteiger partial charge in [0.1, 0.15) is 0 Å². The second kappa shape index (κ2) is 8.76. The fourth-order valence-electron chi connectivity index (χ4n) is 3.97. The van der Waals surface area contributed by atoms with E-state index in [4.69, 9.17) is 17.0 Å². The molecule has 2 aromatic carbocycles. The highest BCUT2D eigenvalue weighted by atomic mass is 35.5. The van der Waals surface area contributed by atoms with Gasteiger partial charge in [-0.3, -0.25) is 15.1 Å². The third-order valence-corrected chi connectivity index (χ3v) is 6.91. The van der Waals surface area contributed by atoms with Gasteiger partial charge in [-0.15, -0.1) is 0 Å². The minimum Gasteiger partial charge on any atom is -0.317 e. The summed E-state index contributed by atoms with van der Waals surface area (Å²) < 4.78 is 41.1. The standard InChI is InChI=1S/C22H21ClF3N3OS/c23-17-5-6-18-20(11-17)31-21(27)29(18)12-14-7-9-28(10-8-14)13-19(30)15-1-3-16(4-2-15)22(24,25)26/h1-6,11,14,27H,7-10,12-13H2. The van der Waals surface area contributed by atoms with Crippen molar-refractivity contribution in [2.45, 2.75) is 25.6 Å². The average Bonchev–Trinajstić information content (AvgIpc) is 3.03. The number of benzene rings is 2. The van der Waals surface area contributed by atoms with E-state index in [9.17, 15) is 18.0 Å². The number of thiazole rings is 1. The number of nitrogens with zero attached hydrogens (tertiary/aromatic N) is 2. The van der Waals surface area contributed by atoms with Crippen LogP contribution in [0.5, 0.6) is 0 Å². The number of halogens is 4. The second-order valence-electron chi connectivity index (χ2n) is 7.85. The summed E-state index contributed by atoms with van der Waals surface area (Å²) in [6, 6.07) is 10.1. The van der Waals surface area contributed by atoms with Crippen molar-refractivity contribution in [3.63, 3.8) is 0 Å². The maximum atomic E-state index is 12.7. The van der Waals surface area contributed by atoms with Crippen molar-refractivity contribution in [2.75, 3.05) is 19.6 Å². The Labute approximate surface area is 186 Å². The lowest BCUT2D eigenvalue weighted by molar-refractivity contribution is -0.137. The zero-order chi connectivity index (χ0) is 22.2. The highest BCUT2D eigenvalue weighted by Gasteiger charge is 2.30. The molecule has 0 bridgehead atoms. The first-order valence-electron chi connectivity index (χ1n) is 9.97. The van der Waals surface area contributed by atoms with E-state index < -0.39 is 11.7 Å². The van der Waals surface area contributed by atoms with Crippen molar-refractivity contribution >= 4 is 38.9 Å². The molecule has 0 atom stereocenters. The first-order valence-corrected chi connectivity index (χ1v) is 11.2. The predicted molar refractivity (Wildman–Crippen MR) is 116 cm³/mol. The second-order valence-corrected chi connectivity index (χ2v) is 9.31. The van der Waals surface area contributed by atoms with Gasteiger partial charge >= 0.3 is 6.18 Å². The first kappa shape index (κ1) is 22.0. The van der Waals surface area contributed by atoms with Crippen LogP contribution in [0.2, 0.25) is 5.02 Å². The van der Waals surface area contributed by atoms with Gasteiger partial charge in [-0.2, -0.15) is 13.2 Å². The summed E-state index contributed by atoms with van der Waals surface area (Å²) in [6.45, 7) is 2.45. The first-order chi connectivity index (χ1) is 14.7. The highest BCUT2D eigenvalue weighted by Crippen LogP contribution is 2.29. The molecule has 1 N–H and O–H groups in total. The Morgan fingerprint density at radius 2 is 1.81 bits per heavy atom. The van der Waals surface area contributed by atoms with Crippen molar-refractivity contribution in [3.8, 4) is 0 Å². The Morgan fingerprint density at radius 3 is 2.45 bits per heavy atom. The number of Topliss-reactive ketones (excluding diaryl/α,β-unsaturated/α-hetero) is 1. The molecule has 164 valence electrons. The zero-order valence-electron chi connectivity index (χ0n) is 16.6. The maximum absolute atomic E-state index is 12.7. The third-order valence-electron chi connectivity index (χ3n) is 5.71. The molecule has 0 saturated carbocycles. The van der Waals surface area contributed by atoms with Crippen LogP contribution >= 0.6 is 22.9 Å². The minimum atomic E-state index is -4.40. The fraction of sp³-hybridized carbons (Fsp3) is 0.364. The van der Waals surface area contributed by atoms with Gasteiger partial charge in [-0.25, -0.2) is 0 Å². The number of fused-ring (bicyclic) bond motifs is 1. The molecule has 0 radical (unpaired) electrons. The van der Waals surface area contributed by atoms with E-state index in [1.165, 1.54) is 23.5 Å². The molecule has 2 heterocycles. The lowest BCUT2D eigenvalue weighted by Gasteiger charge is -2.31. The number of ketones is 1. The summed E-state index contributed by atoms with van der Waals surface area (Å²) in [5, 5.41) is 8.94. The van der Waals surface area contributed by atoms with Crippen molar-refractivity contribution in [1.82, 2.24) is 9.47 Å². The predicted octanol–water partition coefficient (Wildman–Crippen LogP) is 5.45. The van der Waals surface area contributed by atoms with E-state index in [1.807, 2.05) is 27.7 Å². The summed E-state index contributed by atoms with van der Waals surface area (Å²) in [6.07, 6.45) is -2.60. The number of nitrogens with one attached hydrogen (secondary N) is 1. The molecule has 31 heavy (non-hydrogen) atoms. The zero-order valence-corrected chi connectivity index (χ0v) is 18.2. The summed E-state index contributed by atoms with van der Waals surface area (Å²) in [7, 11) is 0. The monoisotopic (exact) mass is 467 g/mol. The Morgan fingerprint density at radius 1 is 1.13 bits per heavy atom. The minimum absolute atomic E-state index is 0.171. The largest absolute Gasteiger partial charge is 0.416 e. The quantitative estimate of drug-likeness (QED) is 0.507. The molecule has 0 unspecified atom stereocenters. The van der Waals surface area contributed by atoms with Crippen LogP contribution in [0.3, 0.4) is 0 Å². The molecule has 0 spiro atoms. The van der Waals surface area contributed by atoms with E-state index in [0.29, 0.717) is 21.3 Å². The maximum Gasteiger partial charge on any atom is 0.416 e. The molecule has 4 nitrogen and oxygen atoms in total. The summed E-state index contributed by atoms with van der Waals surface area (Å²) in [4.78, 5) is 15.0.